The lowest BCUT2D eigenvalue weighted by molar-refractivity contribution is 0.577. The van der Waals surface area contributed by atoms with E-state index in [1.54, 1.807) is 12.1 Å². The number of primary sulfonamides is 1. The van der Waals surface area contributed by atoms with Crippen LogP contribution in [0.1, 0.15) is 24.8 Å². The van der Waals surface area contributed by atoms with Gasteiger partial charge in [-0.3, -0.25) is 0 Å². The van der Waals surface area contributed by atoms with Crippen LogP contribution in [0.5, 0.6) is 0 Å². The molecule has 1 aliphatic carbocycles. The summed E-state index contributed by atoms with van der Waals surface area (Å²) in [5.74, 6) is 0. The molecule has 0 atom stereocenters. The maximum Gasteiger partial charge on any atom is 0.238 e. The molecule has 0 saturated heterocycles. The van der Waals surface area contributed by atoms with E-state index < -0.39 is 20.0 Å². The summed E-state index contributed by atoms with van der Waals surface area (Å²) in [6.07, 6.45) is 2.85. The second kappa shape index (κ2) is 5.80. The number of nitrogens with two attached hydrogens (primary N) is 1. The largest absolute Gasteiger partial charge is 0.238 e. The quantitative estimate of drug-likeness (QED) is 0.707. The molecule has 6 nitrogen and oxygen atoms in total. The van der Waals surface area contributed by atoms with Crippen LogP contribution in [0.2, 0.25) is 0 Å². The first kappa shape index (κ1) is 15.4. The summed E-state index contributed by atoms with van der Waals surface area (Å²) in [4.78, 5) is 0.0793. The minimum atomic E-state index is -3.66. The average molecular weight is 318 g/mol. The van der Waals surface area contributed by atoms with Crippen LogP contribution < -0.4 is 9.86 Å². The van der Waals surface area contributed by atoms with Gasteiger partial charge in [-0.25, -0.2) is 26.7 Å². The Balaban J connectivity index is 1.80. The van der Waals surface area contributed by atoms with Crippen molar-refractivity contribution in [3.63, 3.8) is 0 Å². The van der Waals surface area contributed by atoms with Crippen LogP contribution in [-0.4, -0.2) is 28.6 Å². The lowest BCUT2D eigenvalue weighted by Crippen LogP contribution is -2.28. The SMILES string of the molecule is NS(=O)(=O)c1ccc(CCCNS(=O)(=O)C2CC2)cc1. The highest BCUT2D eigenvalue weighted by Crippen LogP contribution is 2.27. The van der Waals surface area contributed by atoms with Gasteiger partial charge < -0.3 is 0 Å². The van der Waals surface area contributed by atoms with Gasteiger partial charge in [-0.15, -0.1) is 0 Å². The molecule has 0 unspecified atom stereocenters. The van der Waals surface area contributed by atoms with E-state index in [1.165, 1.54) is 12.1 Å². The lowest BCUT2D eigenvalue weighted by Gasteiger charge is -2.06. The molecule has 1 aromatic carbocycles. The second-order valence-electron chi connectivity index (χ2n) is 4.93. The maximum absolute atomic E-state index is 11.6. The Morgan fingerprint density at radius 2 is 1.70 bits per heavy atom. The predicted octanol–water partition coefficient (Wildman–Crippen LogP) is 0.348. The van der Waals surface area contributed by atoms with Gasteiger partial charge in [-0.2, -0.15) is 0 Å². The Morgan fingerprint density at radius 3 is 2.20 bits per heavy atom. The van der Waals surface area contributed by atoms with E-state index >= 15 is 0 Å². The van der Waals surface area contributed by atoms with Gasteiger partial charge in [0.25, 0.3) is 0 Å². The standard InChI is InChI=1S/C12H18N2O4S2/c13-19(15,16)11-5-3-10(4-6-11)2-1-9-14-20(17,18)12-7-8-12/h3-6,12,14H,1-2,7-9H2,(H2,13,15,16). The molecule has 2 rings (SSSR count). The van der Waals surface area contributed by atoms with E-state index in [1.807, 2.05) is 0 Å². The van der Waals surface area contributed by atoms with E-state index in [2.05, 4.69) is 4.72 Å². The van der Waals surface area contributed by atoms with E-state index in [0.29, 0.717) is 19.4 Å². The Morgan fingerprint density at radius 1 is 1.10 bits per heavy atom. The molecule has 3 N–H and O–H groups in total. The molecule has 0 spiro atoms. The highest BCUT2D eigenvalue weighted by atomic mass is 32.2. The highest BCUT2D eigenvalue weighted by molar-refractivity contribution is 7.90. The Labute approximate surface area is 119 Å². The van der Waals surface area contributed by atoms with Gasteiger partial charge in [0.05, 0.1) is 10.1 Å². The fourth-order valence-corrected chi connectivity index (χ4v) is 3.79. The first-order valence-corrected chi connectivity index (χ1v) is 9.48. The van der Waals surface area contributed by atoms with Gasteiger partial charge in [0, 0.05) is 6.54 Å². The molecule has 1 fully saturated rings. The zero-order valence-electron chi connectivity index (χ0n) is 10.9. The van der Waals surface area contributed by atoms with Crippen molar-refractivity contribution in [3.8, 4) is 0 Å². The zero-order chi connectivity index (χ0) is 14.8. The van der Waals surface area contributed by atoms with Crippen molar-refractivity contribution in [1.29, 1.82) is 0 Å². The van der Waals surface area contributed by atoms with Gasteiger partial charge in [0.15, 0.2) is 0 Å². The number of hydrogen-bond donors (Lipinski definition) is 2. The van der Waals surface area contributed by atoms with Gasteiger partial charge in [-0.05, 0) is 43.4 Å². The van der Waals surface area contributed by atoms with Crippen LogP contribution in [0.15, 0.2) is 29.2 Å². The topological polar surface area (TPSA) is 106 Å². The molecule has 0 bridgehead atoms. The van der Waals surface area contributed by atoms with Crippen molar-refractivity contribution in [2.75, 3.05) is 6.54 Å². The normalized spacial score (nSPS) is 16.2. The average Bonchev–Trinajstić information content (AvgIpc) is 3.19. The van der Waals surface area contributed by atoms with E-state index in [-0.39, 0.29) is 10.1 Å². The lowest BCUT2D eigenvalue weighted by atomic mass is 10.1. The van der Waals surface area contributed by atoms with Crippen molar-refractivity contribution in [3.05, 3.63) is 29.8 Å². The summed E-state index contributed by atoms with van der Waals surface area (Å²) in [5.41, 5.74) is 0.947. The minimum absolute atomic E-state index is 0.0793. The first-order valence-electron chi connectivity index (χ1n) is 6.39. The summed E-state index contributed by atoms with van der Waals surface area (Å²) >= 11 is 0. The predicted molar refractivity (Wildman–Crippen MR) is 76.1 cm³/mol. The molecule has 1 aromatic rings. The molecule has 0 heterocycles. The van der Waals surface area contributed by atoms with E-state index in [9.17, 15) is 16.8 Å². The van der Waals surface area contributed by atoms with Crippen LogP contribution in [-0.2, 0) is 26.5 Å². The number of hydrogen-bond acceptors (Lipinski definition) is 4. The molecule has 0 aliphatic heterocycles. The van der Waals surface area contributed by atoms with Gasteiger partial charge >= 0.3 is 0 Å². The van der Waals surface area contributed by atoms with Crippen molar-refractivity contribution >= 4 is 20.0 Å². The van der Waals surface area contributed by atoms with Crippen molar-refractivity contribution in [2.45, 2.75) is 35.8 Å². The van der Waals surface area contributed by atoms with Gasteiger partial charge in [-0.1, -0.05) is 12.1 Å². The zero-order valence-corrected chi connectivity index (χ0v) is 12.6. The van der Waals surface area contributed by atoms with Crippen molar-refractivity contribution in [2.24, 2.45) is 5.14 Å². The molecule has 20 heavy (non-hydrogen) atoms. The molecular weight excluding hydrogens is 300 g/mol. The molecule has 8 heteroatoms. The number of rotatable bonds is 7. The number of sulfonamides is 2. The van der Waals surface area contributed by atoms with Crippen molar-refractivity contribution in [1.82, 2.24) is 4.72 Å². The number of benzene rings is 1. The van der Waals surface area contributed by atoms with Crippen LogP contribution >= 0.6 is 0 Å². The molecular formula is C12H18N2O4S2. The Hall–Kier alpha value is -0.960. The van der Waals surface area contributed by atoms with Crippen molar-refractivity contribution < 1.29 is 16.8 Å². The van der Waals surface area contributed by atoms with Crippen LogP contribution in [0.25, 0.3) is 0 Å². The highest BCUT2D eigenvalue weighted by Gasteiger charge is 2.34. The molecule has 1 aliphatic rings. The maximum atomic E-state index is 11.6. The third-order valence-corrected chi connectivity index (χ3v) is 6.05. The fraction of sp³-hybridized carbons (Fsp3) is 0.500. The molecule has 1 saturated carbocycles. The number of aryl methyl sites for hydroxylation is 1. The van der Waals surface area contributed by atoms with Crippen LogP contribution in [0.4, 0.5) is 0 Å². The Kier molecular flexibility index (Phi) is 4.48. The molecule has 112 valence electrons. The Bertz CT molecular complexity index is 662. The fourth-order valence-electron chi connectivity index (χ4n) is 1.85. The van der Waals surface area contributed by atoms with Crippen LogP contribution in [0.3, 0.4) is 0 Å². The van der Waals surface area contributed by atoms with Gasteiger partial charge in [0.2, 0.25) is 20.0 Å². The molecule has 0 amide bonds. The minimum Gasteiger partial charge on any atom is -0.225 e. The monoisotopic (exact) mass is 318 g/mol. The molecule has 0 aromatic heterocycles. The second-order valence-corrected chi connectivity index (χ2v) is 8.54. The third kappa shape index (κ3) is 4.27. The summed E-state index contributed by atoms with van der Waals surface area (Å²) < 4.78 is 47.9. The first-order chi connectivity index (χ1) is 9.29. The summed E-state index contributed by atoms with van der Waals surface area (Å²) in [5, 5.41) is 4.81. The smallest absolute Gasteiger partial charge is 0.225 e. The summed E-state index contributed by atoms with van der Waals surface area (Å²) in [7, 11) is -6.77. The van der Waals surface area contributed by atoms with Gasteiger partial charge in [0.1, 0.15) is 0 Å². The number of nitrogens with one attached hydrogen (secondary N) is 1. The summed E-state index contributed by atoms with van der Waals surface area (Å²) in [6, 6.07) is 6.29. The van der Waals surface area contributed by atoms with E-state index in [0.717, 1.165) is 18.4 Å². The third-order valence-electron chi connectivity index (χ3n) is 3.16. The van der Waals surface area contributed by atoms with Crippen LogP contribution in [0, 0.1) is 0 Å². The van der Waals surface area contributed by atoms with E-state index in [4.69, 9.17) is 5.14 Å². The summed E-state index contributed by atoms with van der Waals surface area (Å²) in [6.45, 7) is 0.399. The molecule has 0 radical (unpaired) electrons.